The van der Waals surface area contributed by atoms with Crippen LogP contribution in [0.25, 0.3) is 0 Å². The van der Waals surface area contributed by atoms with Crippen LogP contribution in [-0.2, 0) is 17.1 Å². The first-order chi connectivity index (χ1) is 9.87. The van der Waals surface area contributed by atoms with Crippen LogP contribution in [0.1, 0.15) is 24.2 Å². The summed E-state index contributed by atoms with van der Waals surface area (Å²) in [5.41, 5.74) is 1.12. The lowest BCUT2D eigenvalue weighted by molar-refractivity contribution is 0.246. The second-order valence-corrected chi connectivity index (χ2v) is 7.38. The summed E-state index contributed by atoms with van der Waals surface area (Å²) < 4.78 is 28.7. The van der Waals surface area contributed by atoms with Gasteiger partial charge in [0.1, 0.15) is 4.90 Å². The van der Waals surface area contributed by atoms with E-state index in [0.29, 0.717) is 17.9 Å². The van der Waals surface area contributed by atoms with E-state index in [2.05, 4.69) is 10.4 Å². The molecule has 1 saturated heterocycles. The summed E-state index contributed by atoms with van der Waals surface area (Å²) in [7, 11) is -1.91. The molecule has 0 aliphatic carbocycles. The van der Waals surface area contributed by atoms with Gasteiger partial charge in [-0.1, -0.05) is 0 Å². The number of hydrogen-bond acceptors (Lipinski definition) is 5. The van der Waals surface area contributed by atoms with E-state index < -0.39 is 10.0 Å². The van der Waals surface area contributed by atoms with Crippen molar-refractivity contribution in [2.24, 2.45) is 7.05 Å². The number of aromatic nitrogens is 2. The smallest absolute Gasteiger partial charge is 0.246 e. The molecule has 0 amide bonds. The molecule has 1 aliphatic rings. The molecule has 1 aromatic heterocycles. The lowest BCUT2D eigenvalue weighted by atomic mass is 10.2. The minimum Gasteiger partial charge on any atom is -0.395 e. The zero-order valence-electron chi connectivity index (χ0n) is 12.8. The van der Waals surface area contributed by atoms with Gasteiger partial charge in [-0.25, -0.2) is 8.42 Å². The van der Waals surface area contributed by atoms with Crippen molar-refractivity contribution in [2.75, 3.05) is 26.2 Å². The fourth-order valence-electron chi connectivity index (χ4n) is 2.84. The number of hydrogen-bond donors (Lipinski definition) is 2. The highest BCUT2D eigenvalue weighted by Gasteiger charge is 2.32. The Balaban J connectivity index is 2.32. The van der Waals surface area contributed by atoms with Crippen LogP contribution in [0.5, 0.6) is 0 Å². The van der Waals surface area contributed by atoms with Crippen LogP contribution in [-0.4, -0.2) is 59.9 Å². The van der Waals surface area contributed by atoms with Gasteiger partial charge in [-0.2, -0.15) is 9.40 Å². The quantitative estimate of drug-likeness (QED) is 0.757. The molecule has 1 aliphatic heterocycles. The van der Waals surface area contributed by atoms with E-state index in [1.807, 2.05) is 0 Å². The van der Waals surface area contributed by atoms with E-state index in [1.54, 1.807) is 25.6 Å². The van der Waals surface area contributed by atoms with Crippen LogP contribution >= 0.6 is 0 Å². The van der Waals surface area contributed by atoms with Gasteiger partial charge in [0.15, 0.2) is 0 Å². The minimum atomic E-state index is -3.64. The SMILES string of the molecule is Cc1nn(C)c(C)c1S(=O)(=O)N(CCO)CC1CCCN1. The number of nitrogens with zero attached hydrogens (tertiary/aromatic N) is 3. The topological polar surface area (TPSA) is 87.5 Å². The van der Waals surface area contributed by atoms with Crippen molar-refractivity contribution < 1.29 is 13.5 Å². The van der Waals surface area contributed by atoms with Gasteiger partial charge in [0.2, 0.25) is 10.0 Å². The molecule has 1 atom stereocenters. The molecule has 7 nitrogen and oxygen atoms in total. The maximum Gasteiger partial charge on any atom is 0.246 e. The fraction of sp³-hybridized carbons (Fsp3) is 0.769. The molecule has 0 spiro atoms. The lowest BCUT2D eigenvalue weighted by Crippen LogP contribution is -2.42. The van der Waals surface area contributed by atoms with Crippen molar-refractivity contribution in [3.63, 3.8) is 0 Å². The van der Waals surface area contributed by atoms with Crippen LogP contribution in [0.4, 0.5) is 0 Å². The molecule has 0 aromatic carbocycles. The van der Waals surface area contributed by atoms with Crippen molar-refractivity contribution in [2.45, 2.75) is 37.6 Å². The third-order valence-electron chi connectivity index (χ3n) is 3.98. The zero-order chi connectivity index (χ0) is 15.6. The third-order valence-corrected chi connectivity index (χ3v) is 6.09. The van der Waals surface area contributed by atoms with Crippen molar-refractivity contribution in [1.82, 2.24) is 19.4 Å². The summed E-state index contributed by atoms with van der Waals surface area (Å²) in [5.74, 6) is 0. The molecule has 2 heterocycles. The normalized spacial score (nSPS) is 19.6. The third kappa shape index (κ3) is 3.28. The largest absolute Gasteiger partial charge is 0.395 e. The number of sulfonamides is 1. The average Bonchev–Trinajstić information content (AvgIpc) is 2.98. The van der Waals surface area contributed by atoms with Gasteiger partial charge in [0.05, 0.1) is 18.0 Å². The maximum atomic E-state index is 12.9. The number of aryl methyl sites for hydroxylation is 2. The highest BCUT2D eigenvalue weighted by Crippen LogP contribution is 2.23. The Morgan fingerprint density at radius 3 is 2.67 bits per heavy atom. The summed E-state index contributed by atoms with van der Waals surface area (Å²) in [4.78, 5) is 0.261. The maximum absolute atomic E-state index is 12.9. The summed E-state index contributed by atoms with van der Waals surface area (Å²) in [6, 6.07) is 0.156. The van der Waals surface area contributed by atoms with Gasteiger partial charge in [-0.15, -0.1) is 0 Å². The van der Waals surface area contributed by atoms with Crippen molar-refractivity contribution in [3.05, 3.63) is 11.4 Å². The number of aliphatic hydroxyl groups excluding tert-OH is 1. The van der Waals surface area contributed by atoms with Crippen molar-refractivity contribution >= 4 is 10.0 Å². The monoisotopic (exact) mass is 316 g/mol. The Morgan fingerprint density at radius 2 is 2.19 bits per heavy atom. The van der Waals surface area contributed by atoms with E-state index in [0.717, 1.165) is 19.4 Å². The molecule has 2 N–H and O–H groups in total. The van der Waals surface area contributed by atoms with Gasteiger partial charge in [0, 0.05) is 26.2 Å². The molecule has 1 fully saturated rings. The van der Waals surface area contributed by atoms with E-state index in [4.69, 9.17) is 0 Å². The predicted octanol–water partition coefficient (Wildman–Crippen LogP) is -0.228. The highest BCUT2D eigenvalue weighted by molar-refractivity contribution is 7.89. The van der Waals surface area contributed by atoms with Crippen LogP contribution in [0.2, 0.25) is 0 Å². The predicted molar refractivity (Wildman–Crippen MR) is 79.6 cm³/mol. The van der Waals surface area contributed by atoms with Crippen LogP contribution in [0.3, 0.4) is 0 Å². The Bertz CT molecular complexity index is 591. The second kappa shape index (κ2) is 6.43. The van der Waals surface area contributed by atoms with E-state index in [-0.39, 0.29) is 24.1 Å². The zero-order valence-corrected chi connectivity index (χ0v) is 13.7. The molecule has 2 rings (SSSR count). The summed E-state index contributed by atoms with van der Waals surface area (Å²) in [6.45, 7) is 4.67. The fourth-order valence-corrected chi connectivity index (χ4v) is 4.71. The van der Waals surface area contributed by atoms with E-state index in [9.17, 15) is 13.5 Å². The molecule has 0 bridgehead atoms. The summed E-state index contributed by atoms with van der Waals surface area (Å²) in [6.07, 6.45) is 2.02. The van der Waals surface area contributed by atoms with Gasteiger partial charge in [-0.3, -0.25) is 4.68 Å². The first kappa shape index (κ1) is 16.4. The molecule has 0 radical (unpaired) electrons. The molecule has 21 heavy (non-hydrogen) atoms. The van der Waals surface area contributed by atoms with Gasteiger partial charge < -0.3 is 10.4 Å². The minimum absolute atomic E-state index is 0.105. The summed E-state index contributed by atoms with van der Waals surface area (Å²) in [5, 5.41) is 16.7. The van der Waals surface area contributed by atoms with Crippen molar-refractivity contribution in [1.29, 1.82) is 0 Å². The standard InChI is InChI=1S/C13H24N4O3S/c1-10-13(11(2)16(3)15-10)21(19,20)17(7-8-18)9-12-5-4-6-14-12/h12,14,18H,4-9H2,1-3H3. The van der Waals surface area contributed by atoms with E-state index >= 15 is 0 Å². The number of nitrogens with one attached hydrogen (secondary N) is 1. The Labute approximate surface area is 126 Å². The Morgan fingerprint density at radius 1 is 1.48 bits per heavy atom. The van der Waals surface area contributed by atoms with Gasteiger partial charge in [-0.05, 0) is 33.2 Å². The molecule has 8 heteroatoms. The molecule has 1 unspecified atom stereocenters. The van der Waals surface area contributed by atoms with Crippen LogP contribution < -0.4 is 5.32 Å². The average molecular weight is 316 g/mol. The highest BCUT2D eigenvalue weighted by atomic mass is 32.2. The molecule has 1 aromatic rings. The Kier molecular flexibility index (Phi) is 5.03. The van der Waals surface area contributed by atoms with Gasteiger partial charge in [0.25, 0.3) is 0 Å². The lowest BCUT2D eigenvalue weighted by Gasteiger charge is -2.24. The van der Waals surface area contributed by atoms with E-state index in [1.165, 1.54) is 4.31 Å². The van der Waals surface area contributed by atoms with Gasteiger partial charge >= 0.3 is 0 Å². The number of aliphatic hydroxyl groups is 1. The molecular weight excluding hydrogens is 292 g/mol. The summed E-state index contributed by atoms with van der Waals surface area (Å²) >= 11 is 0. The van der Waals surface area contributed by atoms with Crippen LogP contribution in [0.15, 0.2) is 4.90 Å². The van der Waals surface area contributed by atoms with Crippen molar-refractivity contribution in [3.8, 4) is 0 Å². The molecule has 120 valence electrons. The number of rotatable bonds is 6. The first-order valence-corrected chi connectivity index (χ1v) is 8.66. The molecular formula is C13H24N4O3S. The first-order valence-electron chi connectivity index (χ1n) is 7.22. The molecule has 0 saturated carbocycles. The Hall–Kier alpha value is -0.960. The second-order valence-electron chi connectivity index (χ2n) is 5.50. The van der Waals surface area contributed by atoms with Crippen LogP contribution in [0, 0.1) is 13.8 Å².